The molecule has 0 saturated carbocycles. The third kappa shape index (κ3) is 4.95. The van der Waals surface area contributed by atoms with Crippen molar-refractivity contribution in [3.63, 3.8) is 0 Å². The Hall–Kier alpha value is -0.780. The zero-order valence-corrected chi connectivity index (χ0v) is 8.01. The standard InChI is InChI=1S/C8H12NO2P/c1-3-8(10)9(2)6-4-5-7-12-11/h3H,1,4-6H2,2H3. The molecule has 0 aromatic heterocycles. The average Bonchev–Trinajstić information content (AvgIpc) is 2.10. The molecule has 0 radical (unpaired) electrons. The second-order valence-corrected chi connectivity index (χ2v) is 2.82. The molecule has 3 nitrogen and oxygen atoms in total. The zero-order chi connectivity index (χ0) is 9.40. The molecule has 0 spiro atoms. The molecule has 0 unspecified atom stereocenters. The molecule has 12 heavy (non-hydrogen) atoms. The summed E-state index contributed by atoms with van der Waals surface area (Å²) in [6.45, 7) is 4.01. The van der Waals surface area contributed by atoms with Gasteiger partial charge < -0.3 is 0 Å². The molecule has 0 saturated heterocycles. The van der Waals surface area contributed by atoms with Crippen LogP contribution in [0.15, 0.2) is 12.7 Å². The maximum absolute atomic E-state index is 10.9. The van der Waals surface area contributed by atoms with Crippen LogP contribution in [0.25, 0.3) is 0 Å². The molecular weight excluding hydrogens is 173 g/mol. The molecule has 0 bridgehead atoms. The van der Waals surface area contributed by atoms with Crippen LogP contribution in [0.3, 0.4) is 0 Å². The first-order valence-electron chi connectivity index (χ1n) is 3.65. The van der Waals surface area contributed by atoms with E-state index >= 15 is 0 Å². The van der Waals surface area contributed by atoms with Crippen molar-refractivity contribution in [2.24, 2.45) is 0 Å². The number of hydrogen-bond donors (Lipinski definition) is 0. The van der Waals surface area contributed by atoms with Crippen molar-refractivity contribution < 1.29 is 9.36 Å². The fraction of sp³-hybridized carbons (Fsp3) is 0.500. The van der Waals surface area contributed by atoms with E-state index in [0.717, 1.165) is 6.42 Å². The minimum atomic E-state index is -0.0883. The van der Waals surface area contributed by atoms with Crippen molar-refractivity contribution in [2.45, 2.75) is 12.8 Å². The molecule has 0 heterocycles. The van der Waals surface area contributed by atoms with E-state index < -0.39 is 0 Å². The Morgan fingerprint density at radius 2 is 2.42 bits per heavy atom. The summed E-state index contributed by atoms with van der Waals surface area (Å²) in [4.78, 5) is 12.5. The van der Waals surface area contributed by atoms with E-state index in [1.54, 1.807) is 11.9 Å². The van der Waals surface area contributed by atoms with E-state index in [1.807, 2.05) is 0 Å². The van der Waals surface area contributed by atoms with Crippen LogP contribution in [-0.2, 0) is 9.36 Å². The number of carbonyl (C=O) groups excluding carboxylic acids is 1. The molecule has 0 aliphatic rings. The molecule has 4 heteroatoms. The Morgan fingerprint density at radius 1 is 1.75 bits per heavy atom. The van der Waals surface area contributed by atoms with Gasteiger partial charge in [0, 0.05) is 0 Å². The van der Waals surface area contributed by atoms with Crippen LogP contribution in [-0.4, -0.2) is 24.4 Å². The summed E-state index contributed by atoms with van der Waals surface area (Å²) in [5.41, 5.74) is 2.61. The van der Waals surface area contributed by atoms with E-state index in [4.69, 9.17) is 0 Å². The topological polar surface area (TPSA) is 37.4 Å². The summed E-state index contributed by atoms with van der Waals surface area (Å²) in [5, 5.41) is 0. The Balaban J connectivity index is 3.61. The second-order valence-electron chi connectivity index (χ2n) is 2.32. The van der Waals surface area contributed by atoms with Crippen LogP contribution in [0.2, 0.25) is 0 Å². The van der Waals surface area contributed by atoms with Crippen molar-refractivity contribution in [1.82, 2.24) is 4.90 Å². The molecule has 1 amide bonds. The number of amides is 1. The van der Waals surface area contributed by atoms with E-state index in [-0.39, 0.29) is 13.8 Å². The molecule has 0 rings (SSSR count). The third-order valence-electron chi connectivity index (χ3n) is 1.40. The Bertz CT molecular complexity index is 255. The summed E-state index contributed by atoms with van der Waals surface area (Å²) in [6.07, 6.45) is 2.70. The fourth-order valence-electron chi connectivity index (χ4n) is 0.707. The first kappa shape index (κ1) is 11.2. The van der Waals surface area contributed by atoms with Crippen molar-refractivity contribution in [1.29, 1.82) is 0 Å². The molecule has 0 aromatic carbocycles. The van der Waals surface area contributed by atoms with Gasteiger partial charge in [0.1, 0.15) is 0 Å². The van der Waals surface area contributed by atoms with Crippen LogP contribution in [0.4, 0.5) is 0 Å². The SMILES string of the molecule is C=CC(=O)N(C)CCCC#P=O. The van der Waals surface area contributed by atoms with Gasteiger partial charge in [-0.25, -0.2) is 0 Å². The van der Waals surface area contributed by atoms with Crippen LogP contribution in [0, 0.1) is 5.63 Å². The number of nitrogens with zero attached hydrogens (tertiary/aromatic N) is 1. The number of rotatable bonds is 4. The van der Waals surface area contributed by atoms with Crippen molar-refractivity contribution in [3.05, 3.63) is 12.7 Å². The molecule has 0 fully saturated rings. The van der Waals surface area contributed by atoms with Gasteiger partial charge in [-0.2, -0.15) is 0 Å². The van der Waals surface area contributed by atoms with E-state index in [1.165, 1.54) is 6.08 Å². The van der Waals surface area contributed by atoms with Gasteiger partial charge in [0.05, 0.1) is 0 Å². The van der Waals surface area contributed by atoms with Gasteiger partial charge >= 0.3 is 72.8 Å². The molecule has 0 aromatic rings. The van der Waals surface area contributed by atoms with Gasteiger partial charge in [0.25, 0.3) is 0 Å². The number of unbranched alkanes of at least 4 members (excludes halogenated alkanes) is 1. The monoisotopic (exact) mass is 185 g/mol. The van der Waals surface area contributed by atoms with Crippen LogP contribution in [0.5, 0.6) is 0 Å². The predicted molar refractivity (Wildman–Crippen MR) is 48.6 cm³/mol. The predicted octanol–water partition coefficient (Wildman–Crippen LogP) is 1.66. The second kappa shape index (κ2) is 6.90. The van der Waals surface area contributed by atoms with Crippen LogP contribution >= 0.6 is 7.92 Å². The first-order valence-corrected chi connectivity index (χ1v) is 4.46. The minimum absolute atomic E-state index is 0.0619. The van der Waals surface area contributed by atoms with Gasteiger partial charge in [0.15, 0.2) is 0 Å². The molecule has 0 N–H and O–H groups in total. The molecule has 0 aliphatic heterocycles. The van der Waals surface area contributed by atoms with Gasteiger partial charge in [-0.15, -0.1) is 0 Å². The Kier molecular flexibility index (Phi) is 6.45. The van der Waals surface area contributed by atoms with E-state index in [0.29, 0.717) is 13.0 Å². The summed E-state index contributed by atoms with van der Waals surface area (Å²) < 4.78 is 9.93. The Morgan fingerprint density at radius 3 is 2.92 bits per heavy atom. The third-order valence-corrected chi connectivity index (χ3v) is 1.75. The molecule has 66 valence electrons. The number of likely N-dealkylation sites (N-methyl/N-ethyl adjacent to an activating group) is 1. The summed E-state index contributed by atoms with van der Waals surface area (Å²) in [6, 6.07) is 0. The normalized spacial score (nSPS) is 8.42. The van der Waals surface area contributed by atoms with Crippen LogP contribution < -0.4 is 0 Å². The van der Waals surface area contributed by atoms with Crippen molar-refractivity contribution in [3.8, 4) is 5.63 Å². The van der Waals surface area contributed by atoms with Gasteiger partial charge in [-0.3, -0.25) is 0 Å². The first-order chi connectivity index (χ1) is 5.72. The number of carbonyl (C=O) groups is 1. The summed E-state index contributed by atoms with van der Waals surface area (Å²) in [5.74, 6) is -0.0883. The number of hydrogen-bond acceptors (Lipinski definition) is 2. The summed E-state index contributed by atoms with van der Waals surface area (Å²) in [7, 11) is 1.65. The quantitative estimate of drug-likeness (QED) is 0.379. The molecule has 0 atom stereocenters. The van der Waals surface area contributed by atoms with E-state index in [9.17, 15) is 9.36 Å². The average molecular weight is 185 g/mol. The van der Waals surface area contributed by atoms with Gasteiger partial charge in [0.2, 0.25) is 0 Å². The zero-order valence-electron chi connectivity index (χ0n) is 7.12. The maximum atomic E-state index is 10.9. The van der Waals surface area contributed by atoms with Crippen molar-refractivity contribution >= 4 is 13.8 Å². The fourth-order valence-corrected chi connectivity index (χ4v) is 0.956. The summed E-state index contributed by atoms with van der Waals surface area (Å²) >= 11 is 0. The van der Waals surface area contributed by atoms with E-state index in [2.05, 4.69) is 12.2 Å². The van der Waals surface area contributed by atoms with Crippen LogP contribution in [0.1, 0.15) is 12.8 Å². The van der Waals surface area contributed by atoms with Crippen molar-refractivity contribution in [2.75, 3.05) is 13.6 Å². The van der Waals surface area contributed by atoms with Gasteiger partial charge in [-0.05, 0) is 0 Å². The molecular formula is C8H12NO2P. The Labute approximate surface area is 73.6 Å². The molecule has 0 aliphatic carbocycles. The van der Waals surface area contributed by atoms with Gasteiger partial charge in [-0.1, -0.05) is 0 Å².